The Balaban J connectivity index is 2.25. The summed E-state index contributed by atoms with van der Waals surface area (Å²) in [4.78, 5) is 0. The first-order valence-electron chi connectivity index (χ1n) is 4.96. The number of thioether (sulfide) groups is 1. The smallest absolute Gasteiger partial charge is 0.192 e. The molecule has 0 N–H and O–H groups in total. The number of rotatable bonds is 3. The van der Waals surface area contributed by atoms with Gasteiger partial charge in [-0.2, -0.15) is 9.78 Å². The molecule has 0 aliphatic rings. The SMILES string of the molecule is CSc1nnc(C)n1/N=C\c1ccc(Br)cc1. The van der Waals surface area contributed by atoms with Gasteiger partial charge in [-0.15, -0.1) is 10.2 Å². The molecule has 2 aromatic rings. The van der Waals surface area contributed by atoms with E-state index in [0.717, 1.165) is 21.0 Å². The maximum Gasteiger partial charge on any atom is 0.211 e. The van der Waals surface area contributed by atoms with Gasteiger partial charge in [-0.1, -0.05) is 39.8 Å². The Labute approximate surface area is 112 Å². The summed E-state index contributed by atoms with van der Waals surface area (Å²) in [7, 11) is 0. The maximum atomic E-state index is 4.37. The molecule has 0 saturated carbocycles. The predicted molar refractivity (Wildman–Crippen MR) is 73.7 cm³/mol. The van der Waals surface area contributed by atoms with Crippen LogP contribution in [0, 0.1) is 6.92 Å². The van der Waals surface area contributed by atoms with Gasteiger partial charge >= 0.3 is 0 Å². The molecule has 0 unspecified atom stereocenters. The molecule has 1 aromatic carbocycles. The van der Waals surface area contributed by atoms with Crippen molar-refractivity contribution in [3.8, 4) is 0 Å². The summed E-state index contributed by atoms with van der Waals surface area (Å²) in [6, 6.07) is 7.95. The minimum absolute atomic E-state index is 0.780. The van der Waals surface area contributed by atoms with Crippen molar-refractivity contribution in [2.75, 3.05) is 6.26 Å². The molecule has 0 aliphatic heterocycles. The van der Waals surface area contributed by atoms with Gasteiger partial charge in [-0.3, -0.25) is 0 Å². The highest BCUT2D eigenvalue weighted by molar-refractivity contribution is 9.10. The lowest BCUT2D eigenvalue weighted by atomic mass is 10.2. The van der Waals surface area contributed by atoms with E-state index in [1.165, 1.54) is 11.8 Å². The third kappa shape index (κ3) is 2.95. The fraction of sp³-hybridized carbons (Fsp3) is 0.182. The lowest BCUT2D eigenvalue weighted by Crippen LogP contribution is -1.95. The lowest BCUT2D eigenvalue weighted by molar-refractivity contribution is 0.745. The van der Waals surface area contributed by atoms with Gasteiger partial charge in [0.1, 0.15) is 0 Å². The van der Waals surface area contributed by atoms with E-state index in [2.05, 4.69) is 31.2 Å². The van der Waals surface area contributed by atoms with Crippen molar-refractivity contribution in [1.82, 2.24) is 14.9 Å². The van der Waals surface area contributed by atoms with Gasteiger partial charge < -0.3 is 0 Å². The molecule has 0 bridgehead atoms. The summed E-state index contributed by atoms with van der Waals surface area (Å²) in [6.45, 7) is 1.88. The van der Waals surface area contributed by atoms with Gasteiger partial charge in [0.05, 0.1) is 6.21 Å². The number of aromatic nitrogens is 3. The van der Waals surface area contributed by atoms with Crippen LogP contribution in [0.25, 0.3) is 0 Å². The fourth-order valence-electron chi connectivity index (χ4n) is 1.27. The highest BCUT2D eigenvalue weighted by Gasteiger charge is 2.04. The van der Waals surface area contributed by atoms with E-state index in [0.29, 0.717) is 0 Å². The summed E-state index contributed by atoms with van der Waals surface area (Å²) < 4.78 is 2.78. The highest BCUT2D eigenvalue weighted by Crippen LogP contribution is 2.13. The van der Waals surface area contributed by atoms with E-state index in [9.17, 15) is 0 Å². The normalized spacial score (nSPS) is 11.2. The predicted octanol–water partition coefficient (Wildman–Crippen LogP) is 2.95. The second-order valence-corrected chi connectivity index (χ2v) is 5.03. The van der Waals surface area contributed by atoms with E-state index in [1.54, 1.807) is 10.9 Å². The Bertz CT molecular complexity index is 533. The maximum absolute atomic E-state index is 4.37. The quantitative estimate of drug-likeness (QED) is 0.646. The first-order chi connectivity index (χ1) is 8.20. The molecule has 1 heterocycles. The summed E-state index contributed by atoms with van der Waals surface area (Å²) in [5.41, 5.74) is 1.04. The first-order valence-corrected chi connectivity index (χ1v) is 6.98. The van der Waals surface area contributed by atoms with Gasteiger partial charge in [-0.25, -0.2) is 0 Å². The number of hydrogen-bond donors (Lipinski definition) is 0. The van der Waals surface area contributed by atoms with Crippen molar-refractivity contribution in [3.63, 3.8) is 0 Å². The average Bonchev–Trinajstić information content (AvgIpc) is 2.69. The third-order valence-corrected chi connectivity index (χ3v) is 3.29. The fourth-order valence-corrected chi connectivity index (χ4v) is 2.01. The Hall–Kier alpha value is -1.14. The standard InChI is InChI=1S/C11H11BrN4S/c1-8-14-15-11(17-2)16(8)13-7-9-3-5-10(12)6-4-9/h3-7H,1-2H3/b13-7-. The molecular weight excluding hydrogens is 300 g/mol. The molecule has 0 amide bonds. The molecular formula is C11H11BrN4S. The zero-order valence-corrected chi connectivity index (χ0v) is 11.9. The van der Waals surface area contributed by atoms with Crippen molar-refractivity contribution >= 4 is 33.9 Å². The summed E-state index contributed by atoms with van der Waals surface area (Å²) in [6.07, 6.45) is 3.75. The van der Waals surface area contributed by atoms with Gasteiger partial charge in [-0.05, 0) is 30.9 Å². The molecule has 0 fully saturated rings. The minimum Gasteiger partial charge on any atom is -0.192 e. The molecule has 0 aliphatic carbocycles. The van der Waals surface area contributed by atoms with Crippen LogP contribution in [-0.2, 0) is 0 Å². The zero-order chi connectivity index (χ0) is 12.3. The van der Waals surface area contributed by atoms with Crippen molar-refractivity contribution < 1.29 is 0 Å². The second kappa shape index (κ2) is 5.46. The number of aryl methyl sites for hydroxylation is 1. The van der Waals surface area contributed by atoms with Crippen LogP contribution >= 0.6 is 27.7 Å². The largest absolute Gasteiger partial charge is 0.211 e. The van der Waals surface area contributed by atoms with E-state index < -0.39 is 0 Å². The highest BCUT2D eigenvalue weighted by atomic mass is 79.9. The lowest BCUT2D eigenvalue weighted by Gasteiger charge is -1.98. The van der Waals surface area contributed by atoms with Gasteiger partial charge in [0.25, 0.3) is 0 Å². The topological polar surface area (TPSA) is 43.1 Å². The van der Waals surface area contributed by atoms with Crippen molar-refractivity contribution in [2.24, 2.45) is 5.10 Å². The van der Waals surface area contributed by atoms with Gasteiger partial charge in [0, 0.05) is 4.47 Å². The number of benzene rings is 1. The van der Waals surface area contributed by atoms with Gasteiger partial charge in [0.2, 0.25) is 5.16 Å². The van der Waals surface area contributed by atoms with E-state index in [1.807, 2.05) is 37.4 Å². The van der Waals surface area contributed by atoms with Crippen LogP contribution in [0.2, 0.25) is 0 Å². The van der Waals surface area contributed by atoms with Crippen molar-refractivity contribution in [3.05, 3.63) is 40.1 Å². The second-order valence-electron chi connectivity index (χ2n) is 3.34. The van der Waals surface area contributed by atoms with E-state index in [4.69, 9.17) is 0 Å². The molecule has 1 aromatic heterocycles. The third-order valence-electron chi connectivity index (χ3n) is 2.14. The molecule has 0 radical (unpaired) electrons. The van der Waals surface area contributed by atoms with Crippen molar-refractivity contribution in [1.29, 1.82) is 0 Å². The molecule has 88 valence electrons. The van der Waals surface area contributed by atoms with Crippen LogP contribution < -0.4 is 0 Å². The van der Waals surface area contributed by atoms with Gasteiger partial charge in [0.15, 0.2) is 5.82 Å². The van der Waals surface area contributed by atoms with Crippen LogP contribution in [0.3, 0.4) is 0 Å². The molecule has 17 heavy (non-hydrogen) atoms. The van der Waals surface area contributed by atoms with Crippen LogP contribution in [0.5, 0.6) is 0 Å². The molecule has 2 rings (SSSR count). The summed E-state index contributed by atoms with van der Waals surface area (Å²) >= 11 is 4.92. The minimum atomic E-state index is 0.780. The summed E-state index contributed by atoms with van der Waals surface area (Å²) in [5, 5.41) is 13.2. The number of hydrogen-bond acceptors (Lipinski definition) is 4. The number of nitrogens with zero attached hydrogens (tertiary/aromatic N) is 4. The molecule has 0 saturated heterocycles. The monoisotopic (exact) mass is 310 g/mol. The molecule has 0 spiro atoms. The molecule has 0 atom stereocenters. The first kappa shape index (κ1) is 12.3. The van der Waals surface area contributed by atoms with Crippen LogP contribution in [0.4, 0.5) is 0 Å². The number of halogens is 1. The van der Waals surface area contributed by atoms with Crippen LogP contribution in [-0.4, -0.2) is 27.3 Å². The molecule has 6 heteroatoms. The molecule has 4 nitrogen and oxygen atoms in total. The van der Waals surface area contributed by atoms with Crippen molar-refractivity contribution in [2.45, 2.75) is 12.1 Å². The summed E-state index contributed by atoms with van der Waals surface area (Å²) in [5.74, 6) is 0.780. The Morgan fingerprint density at radius 3 is 2.65 bits per heavy atom. The Kier molecular flexibility index (Phi) is 3.96. The van der Waals surface area contributed by atoms with E-state index >= 15 is 0 Å². The van der Waals surface area contributed by atoms with Crippen LogP contribution in [0.1, 0.15) is 11.4 Å². The average molecular weight is 311 g/mol. The zero-order valence-electron chi connectivity index (χ0n) is 9.46. The van der Waals surface area contributed by atoms with Crippen LogP contribution in [0.15, 0.2) is 39.0 Å². The van der Waals surface area contributed by atoms with E-state index in [-0.39, 0.29) is 0 Å². The Morgan fingerprint density at radius 2 is 2.00 bits per heavy atom. The Morgan fingerprint density at radius 1 is 1.29 bits per heavy atom.